The molecule has 0 saturated heterocycles. The van der Waals surface area contributed by atoms with Crippen LogP contribution in [-0.2, 0) is 19.4 Å². The summed E-state index contributed by atoms with van der Waals surface area (Å²) in [6.07, 6.45) is 1.71. The Morgan fingerprint density at radius 1 is 1.05 bits per heavy atom. The second-order valence-electron chi connectivity index (χ2n) is 4.23. The number of rotatable bonds is 5. The molecule has 0 amide bonds. The van der Waals surface area contributed by atoms with Crippen LogP contribution < -0.4 is 0 Å². The van der Waals surface area contributed by atoms with Crippen molar-refractivity contribution in [1.82, 2.24) is 4.98 Å². The molecule has 8 heteroatoms. The van der Waals surface area contributed by atoms with Gasteiger partial charge in [0, 0.05) is 12.3 Å². The minimum atomic E-state index is -3.92. The Morgan fingerprint density at radius 3 is 2.27 bits per heavy atom. The Labute approximate surface area is 125 Å². The summed E-state index contributed by atoms with van der Waals surface area (Å²) in [6.45, 7) is 0. The highest BCUT2D eigenvalue weighted by Crippen LogP contribution is 2.26. The van der Waals surface area contributed by atoms with Gasteiger partial charge in [-0.15, -0.1) is 0 Å². The largest absolute Gasteiger partial charge is 0.506 e. The Kier molecular flexibility index (Phi) is 4.13. The van der Waals surface area contributed by atoms with Crippen molar-refractivity contribution >= 4 is 27.3 Å². The minimum absolute atomic E-state index is 0.00760. The molecular weight excluding hydrogens is 310 g/mol. The summed E-state index contributed by atoms with van der Waals surface area (Å²) in [7, 11) is -3.92. The average Bonchev–Trinajstić information content (AvgIpc) is 2.98. The molecule has 0 atom stereocenters. The van der Waals surface area contributed by atoms with Crippen molar-refractivity contribution in [3.63, 3.8) is 0 Å². The van der Waals surface area contributed by atoms with E-state index in [4.69, 9.17) is 5.11 Å². The summed E-state index contributed by atoms with van der Waals surface area (Å²) in [4.78, 5) is 23.8. The van der Waals surface area contributed by atoms with Crippen molar-refractivity contribution in [3.05, 3.63) is 54.4 Å². The molecule has 1 heterocycles. The summed E-state index contributed by atoms with van der Waals surface area (Å²) in [6, 6.07) is 8.73. The summed E-state index contributed by atoms with van der Waals surface area (Å²) in [5.74, 6) is -3.90. The van der Waals surface area contributed by atoms with Crippen LogP contribution in [0.25, 0.3) is 5.76 Å². The van der Waals surface area contributed by atoms with Gasteiger partial charge in [-0.05, 0) is 18.2 Å². The molecule has 2 aromatic rings. The molecule has 0 bridgehead atoms. The van der Waals surface area contributed by atoms with Gasteiger partial charge in [0.1, 0.15) is 10.7 Å². The second kappa shape index (κ2) is 5.86. The molecule has 0 fully saturated rings. The maximum absolute atomic E-state index is 12.5. The number of carbonyl (C=O) groups is 2. The van der Waals surface area contributed by atoms with E-state index in [1.54, 1.807) is 18.2 Å². The monoisotopic (exact) mass is 321 g/mol. The number of ketones is 1. The fraction of sp³-hybridized carbons (Fsp3) is 0. The van der Waals surface area contributed by atoms with Crippen LogP contribution in [0, 0.1) is 0 Å². The number of nitrogens with one attached hydrogen (secondary N) is 1. The quantitative estimate of drug-likeness (QED) is 0.434. The molecule has 0 radical (unpaired) electrons. The number of aliphatic hydroxyl groups is 1. The van der Waals surface area contributed by atoms with Crippen LogP contribution >= 0.6 is 0 Å². The van der Waals surface area contributed by atoms with Gasteiger partial charge < -0.3 is 15.2 Å². The maximum atomic E-state index is 12.5. The van der Waals surface area contributed by atoms with Crippen LogP contribution in [0.5, 0.6) is 0 Å². The molecule has 3 N–H and O–H groups in total. The first-order valence-corrected chi connectivity index (χ1v) is 7.48. The highest BCUT2D eigenvalue weighted by molar-refractivity contribution is 7.91. The van der Waals surface area contributed by atoms with Gasteiger partial charge in [0.25, 0.3) is 5.78 Å². The van der Waals surface area contributed by atoms with E-state index in [-0.39, 0.29) is 15.5 Å². The van der Waals surface area contributed by atoms with E-state index < -0.39 is 27.3 Å². The fourth-order valence-electron chi connectivity index (χ4n) is 1.76. The number of carboxylic acids is 1. The molecular formula is C14H11NO6S. The molecule has 2 rings (SSSR count). The molecule has 1 aromatic heterocycles. The standard InChI is InChI=1S/C14H11NO6S/c16-10(8-11(17)14(18)19)13-12(6-7-15-13)22(20,21)9-4-2-1-3-5-9/h1-8,15-16H,(H,18,19). The van der Waals surface area contributed by atoms with E-state index in [1.165, 1.54) is 24.4 Å². The van der Waals surface area contributed by atoms with Gasteiger partial charge in [-0.3, -0.25) is 4.79 Å². The zero-order valence-electron chi connectivity index (χ0n) is 11.1. The van der Waals surface area contributed by atoms with Crippen molar-refractivity contribution < 1.29 is 28.2 Å². The summed E-state index contributed by atoms with van der Waals surface area (Å²) >= 11 is 0. The lowest BCUT2D eigenvalue weighted by Gasteiger charge is -2.05. The Hall–Kier alpha value is -2.87. The zero-order chi connectivity index (χ0) is 16.3. The number of aromatic nitrogens is 1. The number of aliphatic hydroxyl groups excluding tert-OH is 1. The highest BCUT2D eigenvalue weighted by atomic mass is 32.2. The lowest BCUT2D eigenvalue weighted by atomic mass is 10.3. The maximum Gasteiger partial charge on any atom is 0.376 e. The van der Waals surface area contributed by atoms with Gasteiger partial charge >= 0.3 is 5.97 Å². The molecule has 7 nitrogen and oxygen atoms in total. The third-order valence-electron chi connectivity index (χ3n) is 2.79. The van der Waals surface area contributed by atoms with Gasteiger partial charge in [0.15, 0.2) is 0 Å². The number of H-pyrrole nitrogens is 1. The number of carboxylic acid groups (broad SMARTS) is 1. The molecule has 22 heavy (non-hydrogen) atoms. The Morgan fingerprint density at radius 2 is 1.68 bits per heavy atom. The molecule has 0 aliphatic carbocycles. The smallest absolute Gasteiger partial charge is 0.376 e. The van der Waals surface area contributed by atoms with Crippen molar-refractivity contribution in [1.29, 1.82) is 0 Å². The van der Waals surface area contributed by atoms with Crippen molar-refractivity contribution in [2.24, 2.45) is 0 Å². The Balaban J connectivity index is 2.51. The van der Waals surface area contributed by atoms with E-state index in [9.17, 15) is 23.1 Å². The zero-order valence-corrected chi connectivity index (χ0v) is 11.9. The lowest BCUT2D eigenvalue weighted by molar-refractivity contribution is -0.146. The van der Waals surface area contributed by atoms with Gasteiger partial charge in [-0.1, -0.05) is 18.2 Å². The van der Waals surface area contributed by atoms with Crippen LogP contribution in [0.2, 0.25) is 0 Å². The predicted molar refractivity (Wildman–Crippen MR) is 75.9 cm³/mol. The lowest BCUT2D eigenvalue weighted by Crippen LogP contribution is -2.10. The molecule has 0 spiro atoms. The number of hydrogen-bond donors (Lipinski definition) is 3. The number of aromatic amines is 1. The van der Waals surface area contributed by atoms with Crippen molar-refractivity contribution in [2.75, 3.05) is 0 Å². The van der Waals surface area contributed by atoms with E-state index >= 15 is 0 Å². The first-order chi connectivity index (χ1) is 10.3. The summed E-state index contributed by atoms with van der Waals surface area (Å²) in [5.41, 5.74) is -0.251. The van der Waals surface area contributed by atoms with E-state index in [1.807, 2.05) is 0 Å². The van der Waals surface area contributed by atoms with Crippen molar-refractivity contribution in [3.8, 4) is 0 Å². The Bertz CT molecular complexity index is 848. The number of hydrogen-bond acceptors (Lipinski definition) is 5. The third kappa shape index (κ3) is 2.91. The van der Waals surface area contributed by atoms with Gasteiger partial charge in [-0.2, -0.15) is 0 Å². The third-order valence-corrected chi connectivity index (χ3v) is 4.60. The van der Waals surface area contributed by atoms with Crippen LogP contribution in [0.4, 0.5) is 0 Å². The topological polar surface area (TPSA) is 125 Å². The number of carbonyl (C=O) groups excluding carboxylic acids is 1. The van der Waals surface area contributed by atoms with Crippen LogP contribution in [0.15, 0.2) is 58.5 Å². The van der Waals surface area contributed by atoms with Crippen LogP contribution in [0.1, 0.15) is 5.69 Å². The molecule has 0 aliphatic heterocycles. The van der Waals surface area contributed by atoms with E-state index in [2.05, 4.69) is 4.98 Å². The average molecular weight is 321 g/mol. The van der Waals surface area contributed by atoms with Crippen molar-refractivity contribution in [2.45, 2.75) is 9.79 Å². The first kappa shape index (κ1) is 15.5. The van der Waals surface area contributed by atoms with Gasteiger partial charge in [0.2, 0.25) is 9.84 Å². The molecule has 1 aromatic carbocycles. The number of aliphatic carboxylic acids is 1. The van der Waals surface area contributed by atoms with Gasteiger partial charge in [-0.25, -0.2) is 13.2 Å². The summed E-state index contributed by atoms with van der Waals surface area (Å²) in [5, 5.41) is 18.3. The van der Waals surface area contributed by atoms with Crippen LogP contribution in [-0.4, -0.2) is 35.4 Å². The molecule has 0 unspecified atom stereocenters. The van der Waals surface area contributed by atoms with Gasteiger partial charge in [0.05, 0.1) is 10.6 Å². The first-order valence-electron chi connectivity index (χ1n) is 6.00. The second-order valence-corrected chi connectivity index (χ2v) is 6.15. The van der Waals surface area contributed by atoms with Crippen LogP contribution in [0.3, 0.4) is 0 Å². The highest BCUT2D eigenvalue weighted by Gasteiger charge is 2.24. The predicted octanol–water partition coefficient (Wildman–Crippen LogP) is 1.40. The normalized spacial score (nSPS) is 12.1. The number of benzene rings is 1. The van der Waals surface area contributed by atoms with E-state index in [0.29, 0.717) is 6.08 Å². The number of sulfone groups is 1. The minimum Gasteiger partial charge on any atom is -0.506 e. The molecule has 114 valence electrons. The summed E-state index contributed by atoms with van der Waals surface area (Å²) < 4.78 is 25.0. The fourth-order valence-corrected chi connectivity index (χ4v) is 3.21. The molecule has 0 saturated carbocycles. The SMILES string of the molecule is O=C(O)C(=O)C=C(O)c1[nH]ccc1S(=O)(=O)c1ccccc1. The molecule has 0 aliphatic rings. The van der Waals surface area contributed by atoms with E-state index in [0.717, 1.165) is 0 Å².